The van der Waals surface area contributed by atoms with Gasteiger partial charge in [0.2, 0.25) is 0 Å². The smallest absolute Gasteiger partial charge is 0.0723 e. The zero-order valence-corrected chi connectivity index (χ0v) is 10.8. The molecule has 0 aliphatic rings. The minimum Gasteiger partial charge on any atom is -0.319 e. The van der Waals surface area contributed by atoms with Crippen LogP contribution in [0.4, 0.5) is 0 Å². The molecule has 2 rings (SSSR count). The first-order valence-electron chi connectivity index (χ1n) is 5.66. The molecule has 4 heteroatoms. The predicted molar refractivity (Wildman–Crippen MR) is 70.1 cm³/mol. The van der Waals surface area contributed by atoms with Crippen LogP contribution in [0.15, 0.2) is 30.5 Å². The van der Waals surface area contributed by atoms with Gasteiger partial charge in [-0.1, -0.05) is 23.7 Å². The van der Waals surface area contributed by atoms with Crippen molar-refractivity contribution in [3.05, 3.63) is 52.3 Å². The Hall–Kier alpha value is -1.32. The van der Waals surface area contributed by atoms with E-state index in [1.165, 1.54) is 0 Å². The van der Waals surface area contributed by atoms with Crippen LogP contribution >= 0.6 is 11.6 Å². The number of hydrogen-bond acceptors (Lipinski definition) is 2. The number of nitrogens with two attached hydrogens (primary N) is 1. The van der Waals surface area contributed by atoms with Crippen molar-refractivity contribution in [1.82, 2.24) is 9.78 Å². The summed E-state index contributed by atoms with van der Waals surface area (Å²) in [6.45, 7) is 4.84. The molecule has 2 aromatic rings. The van der Waals surface area contributed by atoms with Crippen LogP contribution in [0.2, 0.25) is 5.02 Å². The Morgan fingerprint density at radius 3 is 2.82 bits per heavy atom. The molecule has 1 aromatic carbocycles. The van der Waals surface area contributed by atoms with Gasteiger partial charge in [-0.05, 0) is 37.1 Å². The van der Waals surface area contributed by atoms with E-state index in [9.17, 15) is 0 Å². The van der Waals surface area contributed by atoms with E-state index in [1.54, 1.807) is 6.20 Å². The van der Waals surface area contributed by atoms with Crippen LogP contribution in [0.3, 0.4) is 0 Å². The second-order valence-electron chi connectivity index (χ2n) is 4.06. The Bertz CT molecular complexity index is 519. The van der Waals surface area contributed by atoms with Crippen molar-refractivity contribution < 1.29 is 0 Å². The number of benzene rings is 1. The molecule has 0 radical (unpaired) electrons. The summed E-state index contributed by atoms with van der Waals surface area (Å²) >= 11 is 6.11. The van der Waals surface area contributed by atoms with E-state index in [2.05, 4.69) is 5.10 Å². The van der Waals surface area contributed by atoms with Crippen molar-refractivity contribution in [3.8, 4) is 0 Å². The topological polar surface area (TPSA) is 43.8 Å². The summed E-state index contributed by atoms with van der Waals surface area (Å²) in [6, 6.07) is 7.69. The summed E-state index contributed by atoms with van der Waals surface area (Å²) in [6.07, 6.45) is 1.77. The van der Waals surface area contributed by atoms with Gasteiger partial charge in [-0.2, -0.15) is 5.10 Å². The normalized spacial score (nSPS) is 12.7. The number of hydrogen-bond donors (Lipinski definition) is 1. The lowest BCUT2D eigenvalue weighted by Crippen LogP contribution is -2.17. The molecule has 0 aliphatic carbocycles. The highest BCUT2D eigenvalue weighted by atomic mass is 35.5. The van der Waals surface area contributed by atoms with Gasteiger partial charge < -0.3 is 5.73 Å². The molecule has 0 spiro atoms. The maximum Gasteiger partial charge on any atom is 0.0723 e. The quantitative estimate of drug-likeness (QED) is 0.909. The van der Waals surface area contributed by atoms with Gasteiger partial charge in [0.15, 0.2) is 0 Å². The fourth-order valence-corrected chi connectivity index (χ4v) is 2.03. The Balaban J connectivity index is 2.36. The molecule has 0 saturated heterocycles. The van der Waals surface area contributed by atoms with Gasteiger partial charge in [0.25, 0.3) is 0 Å². The summed E-state index contributed by atoms with van der Waals surface area (Å²) in [7, 11) is 0. The molecular weight excluding hydrogens is 234 g/mol. The molecule has 0 saturated carbocycles. The fourth-order valence-electron chi connectivity index (χ4n) is 1.84. The first-order chi connectivity index (χ1) is 8.13. The van der Waals surface area contributed by atoms with E-state index in [0.29, 0.717) is 0 Å². The number of nitrogens with zero attached hydrogens (tertiary/aromatic N) is 2. The molecule has 0 fully saturated rings. The lowest BCUT2D eigenvalue weighted by atomic mass is 10.0. The monoisotopic (exact) mass is 249 g/mol. The van der Waals surface area contributed by atoms with Crippen LogP contribution in [0, 0.1) is 6.92 Å². The average Bonchev–Trinajstić information content (AvgIpc) is 2.80. The molecule has 90 valence electrons. The number of aromatic nitrogens is 2. The van der Waals surface area contributed by atoms with Crippen molar-refractivity contribution in [3.63, 3.8) is 0 Å². The number of halogens is 1. The summed E-state index contributed by atoms with van der Waals surface area (Å²) in [4.78, 5) is 0. The van der Waals surface area contributed by atoms with Crippen molar-refractivity contribution in [2.75, 3.05) is 0 Å². The van der Waals surface area contributed by atoms with Gasteiger partial charge in [-0.15, -0.1) is 0 Å². The van der Waals surface area contributed by atoms with E-state index in [1.807, 2.05) is 42.8 Å². The highest BCUT2D eigenvalue weighted by Gasteiger charge is 2.13. The Labute approximate surface area is 106 Å². The number of aryl methyl sites for hydroxylation is 2. The molecule has 1 unspecified atom stereocenters. The van der Waals surface area contributed by atoms with E-state index in [0.717, 1.165) is 28.4 Å². The SMILES string of the molecule is CCn1nccc1C(N)c1ccc(C)c(Cl)c1. The first-order valence-corrected chi connectivity index (χ1v) is 6.04. The average molecular weight is 250 g/mol. The minimum absolute atomic E-state index is 0.185. The Morgan fingerprint density at radius 1 is 1.41 bits per heavy atom. The van der Waals surface area contributed by atoms with Crippen LogP contribution in [0.1, 0.15) is 29.8 Å². The third-order valence-corrected chi connectivity index (χ3v) is 3.33. The summed E-state index contributed by atoms with van der Waals surface area (Å²) in [5.41, 5.74) is 9.32. The second kappa shape index (κ2) is 4.90. The van der Waals surface area contributed by atoms with E-state index in [4.69, 9.17) is 17.3 Å². The molecule has 0 amide bonds. The van der Waals surface area contributed by atoms with E-state index in [-0.39, 0.29) is 6.04 Å². The lowest BCUT2D eigenvalue weighted by Gasteiger charge is -2.14. The fraction of sp³-hybridized carbons (Fsp3) is 0.308. The van der Waals surface area contributed by atoms with Gasteiger partial charge in [-0.25, -0.2) is 0 Å². The maximum absolute atomic E-state index is 6.24. The minimum atomic E-state index is -0.185. The molecule has 0 bridgehead atoms. The molecule has 1 atom stereocenters. The van der Waals surface area contributed by atoms with E-state index >= 15 is 0 Å². The van der Waals surface area contributed by atoms with Crippen LogP contribution in [-0.2, 0) is 6.54 Å². The maximum atomic E-state index is 6.24. The van der Waals surface area contributed by atoms with Crippen molar-refractivity contribution in [2.24, 2.45) is 5.73 Å². The van der Waals surface area contributed by atoms with E-state index < -0.39 is 0 Å². The molecule has 17 heavy (non-hydrogen) atoms. The van der Waals surface area contributed by atoms with Gasteiger partial charge in [0, 0.05) is 17.8 Å². The summed E-state index contributed by atoms with van der Waals surface area (Å²) < 4.78 is 1.90. The Morgan fingerprint density at radius 2 is 2.18 bits per heavy atom. The zero-order valence-electron chi connectivity index (χ0n) is 10.0. The standard InChI is InChI=1S/C13H16ClN3/c1-3-17-12(6-7-16-17)13(15)10-5-4-9(2)11(14)8-10/h4-8,13H,3,15H2,1-2H3. The molecule has 1 aromatic heterocycles. The first kappa shape index (κ1) is 12.1. The second-order valence-corrected chi connectivity index (χ2v) is 4.47. The molecule has 2 N–H and O–H groups in total. The van der Waals surface area contributed by atoms with Gasteiger partial charge in [0.1, 0.15) is 0 Å². The van der Waals surface area contributed by atoms with Crippen molar-refractivity contribution >= 4 is 11.6 Å². The van der Waals surface area contributed by atoms with Gasteiger partial charge >= 0.3 is 0 Å². The van der Waals surface area contributed by atoms with Crippen LogP contribution in [0.5, 0.6) is 0 Å². The van der Waals surface area contributed by atoms with Crippen LogP contribution in [-0.4, -0.2) is 9.78 Å². The van der Waals surface area contributed by atoms with Crippen LogP contribution in [0.25, 0.3) is 0 Å². The number of rotatable bonds is 3. The third-order valence-electron chi connectivity index (χ3n) is 2.92. The highest BCUT2D eigenvalue weighted by molar-refractivity contribution is 6.31. The van der Waals surface area contributed by atoms with Gasteiger partial charge in [0.05, 0.1) is 11.7 Å². The zero-order chi connectivity index (χ0) is 12.4. The van der Waals surface area contributed by atoms with Crippen molar-refractivity contribution in [1.29, 1.82) is 0 Å². The molecule has 0 aliphatic heterocycles. The lowest BCUT2D eigenvalue weighted by molar-refractivity contribution is 0.601. The largest absolute Gasteiger partial charge is 0.319 e. The summed E-state index contributed by atoms with van der Waals surface area (Å²) in [5.74, 6) is 0. The Kier molecular flexibility index (Phi) is 3.50. The molecule has 1 heterocycles. The highest BCUT2D eigenvalue weighted by Crippen LogP contribution is 2.24. The van der Waals surface area contributed by atoms with Crippen molar-refractivity contribution in [2.45, 2.75) is 26.4 Å². The summed E-state index contributed by atoms with van der Waals surface area (Å²) in [5, 5.41) is 4.98. The third kappa shape index (κ3) is 2.35. The van der Waals surface area contributed by atoms with Crippen LogP contribution < -0.4 is 5.73 Å². The predicted octanol–water partition coefficient (Wildman–Crippen LogP) is 2.91. The van der Waals surface area contributed by atoms with Gasteiger partial charge in [-0.3, -0.25) is 4.68 Å². The molecular formula is C13H16ClN3. The molecule has 3 nitrogen and oxygen atoms in total.